The van der Waals surface area contributed by atoms with E-state index in [9.17, 15) is 10.0 Å². The van der Waals surface area contributed by atoms with Crippen molar-refractivity contribution in [2.45, 2.75) is 44.9 Å². The van der Waals surface area contributed by atoms with Crippen LogP contribution in [0.3, 0.4) is 0 Å². The summed E-state index contributed by atoms with van der Waals surface area (Å²) in [6, 6.07) is 5.27. The molecule has 0 fully saturated rings. The molecule has 136 valence electrons. The van der Waals surface area contributed by atoms with Gasteiger partial charge in [0.1, 0.15) is 0 Å². The van der Waals surface area contributed by atoms with E-state index in [4.69, 9.17) is 27.6 Å². The van der Waals surface area contributed by atoms with Gasteiger partial charge in [-0.1, -0.05) is 55.5 Å². The number of aromatic nitrogens is 2. The fourth-order valence-electron chi connectivity index (χ4n) is 2.56. The molecular weight excluding hydrogens is 365 g/mol. The fourth-order valence-corrected chi connectivity index (χ4v) is 3.09. The molecule has 2 rings (SSSR count). The van der Waals surface area contributed by atoms with Crippen molar-refractivity contribution in [3.63, 3.8) is 0 Å². The van der Waals surface area contributed by atoms with Crippen molar-refractivity contribution in [2.75, 3.05) is 6.54 Å². The van der Waals surface area contributed by atoms with Crippen molar-refractivity contribution in [3.05, 3.63) is 45.6 Å². The third-order valence-electron chi connectivity index (χ3n) is 3.91. The van der Waals surface area contributed by atoms with Gasteiger partial charge in [-0.05, 0) is 24.1 Å². The molecule has 25 heavy (non-hydrogen) atoms. The maximum atomic E-state index is 10.7. The monoisotopic (exact) mass is 385 g/mol. The Labute approximate surface area is 156 Å². The van der Waals surface area contributed by atoms with E-state index in [0.717, 1.165) is 31.2 Å². The molecule has 1 heterocycles. The Balaban J connectivity index is 2.13. The van der Waals surface area contributed by atoms with Gasteiger partial charge in [-0.3, -0.25) is 10.0 Å². The van der Waals surface area contributed by atoms with E-state index in [1.807, 2.05) is 0 Å². The van der Waals surface area contributed by atoms with Crippen LogP contribution in [0.4, 0.5) is 0 Å². The summed E-state index contributed by atoms with van der Waals surface area (Å²) in [6.45, 7) is 2.22. The topological polar surface area (TPSA) is 79.5 Å². The maximum absolute atomic E-state index is 10.7. The summed E-state index contributed by atoms with van der Waals surface area (Å²) in [5.74, 6) is 0.570. The first-order valence-electron chi connectivity index (χ1n) is 8.21. The zero-order chi connectivity index (χ0) is 18.2. The summed E-state index contributed by atoms with van der Waals surface area (Å²) in [6.07, 6.45) is 4.51. The van der Waals surface area contributed by atoms with Crippen LogP contribution in [0, 0.1) is 0 Å². The molecule has 1 aromatic heterocycles. The quantitative estimate of drug-likeness (QED) is 0.282. The summed E-state index contributed by atoms with van der Waals surface area (Å²) in [5, 5.41) is 19.3. The number of carbonyl (C=O) groups is 1. The number of unbranched alkanes of at least 4 members (excludes halogenated alkanes) is 2. The lowest BCUT2D eigenvalue weighted by Crippen LogP contribution is -2.24. The second-order valence-electron chi connectivity index (χ2n) is 5.83. The van der Waals surface area contributed by atoms with Crippen LogP contribution >= 0.6 is 23.2 Å². The lowest BCUT2D eigenvalue weighted by atomic mass is 10.0. The molecule has 1 aromatic carbocycles. The van der Waals surface area contributed by atoms with Gasteiger partial charge in [-0.15, -0.1) is 10.2 Å². The normalized spacial score (nSPS) is 12.2. The molecule has 0 aliphatic carbocycles. The first-order valence-corrected chi connectivity index (χ1v) is 8.96. The number of hydrogen-bond donors (Lipinski definition) is 1. The van der Waals surface area contributed by atoms with E-state index in [2.05, 4.69) is 17.1 Å². The van der Waals surface area contributed by atoms with Crippen LogP contribution in [-0.2, 0) is 11.2 Å². The van der Waals surface area contributed by atoms with Gasteiger partial charge in [-0.25, -0.2) is 5.06 Å². The smallest absolute Gasteiger partial charge is 0.233 e. The summed E-state index contributed by atoms with van der Waals surface area (Å²) in [7, 11) is 0. The van der Waals surface area contributed by atoms with E-state index in [1.165, 1.54) is 0 Å². The van der Waals surface area contributed by atoms with E-state index in [1.54, 1.807) is 18.2 Å². The number of carbonyl (C=O) groups excluding carboxylic acids is 1. The largest absolute Gasteiger partial charge is 0.425 e. The van der Waals surface area contributed by atoms with Crippen LogP contribution in [0.15, 0.2) is 22.6 Å². The Morgan fingerprint density at radius 3 is 2.64 bits per heavy atom. The van der Waals surface area contributed by atoms with Crippen molar-refractivity contribution < 1.29 is 14.4 Å². The zero-order valence-electron chi connectivity index (χ0n) is 14.0. The lowest BCUT2D eigenvalue weighted by Gasteiger charge is -2.16. The van der Waals surface area contributed by atoms with Gasteiger partial charge in [-0.2, -0.15) is 0 Å². The number of amides is 1. The molecule has 1 amide bonds. The van der Waals surface area contributed by atoms with E-state index in [0.29, 0.717) is 39.7 Å². The third kappa shape index (κ3) is 5.70. The van der Waals surface area contributed by atoms with Gasteiger partial charge in [0.25, 0.3) is 0 Å². The Morgan fingerprint density at radius 1 is 1.28 bits per heavy atom. The van der Waals surface area contributed by atoms with Gasteiger partial charge in [0.15, 0.2) is 0 Å². The molecule has 0 radical (unpaired) electrons. The van der Waals surface area contributed by atoms with Crippen molar-refractivity contribution >= 4 is 29.6 Å². The molecule has 0 saturated heterocycles. The average molecular weight is 386 g/mol. The molecule has 0 aliphatic heterocycles. The second kappa shape index (κ2) is 9.75. The Hall–Kier alpha value is -1.63. The third-order valence-corrected chi connectivity index (χ3v) is 4.61. The van der Waals surface area contributed by atoms with Crippen molar-refractivity contribution in [1.82, 2.24) is 15.3 Å². The van der Waals surface area contributed by atoms with E-state index in [-0.39, 0.29) is 12.5 Å². The highest BCUT2D eigenvalue weighted by molar-refractivity contribution is 6.36. The Morgan fingerprint density at radius 2 is 2.00 bits per heavy atom. The van der Waals surface area contributed by atoms with Gasteiger partial charge in [0, 0.05) is 10.0 Å². The molecule has 0 spiro atoms. The van der Waals surface area contributed by atoms with Gasteiger partial charge < -0.3 is 4.42 Å². The Kier molecular flexibility index (Phi) is 7.68. The fraction of sp³-hybridized carbons (Fsp3) is 0.471. The van der Waals surface area contributed by atoms with Gasteiger partial charge in [0.2, 0.25) is 18.2 Å². The van der Waals surface area contributed by atoms with Crippen LogP contribution in [-0.4, -0.2) is 33.4 Å². The molecule has 1 N–H and O–H groups in total. The highest BCUT2D eigenvalue weighted by atomic mass is 35.5. The predicted molar refractivity (Wildman–Crippen MR) is 95.0 cm³/mol. The first kappa shape index (κ1) is 19.7. The summed E-state index contributed by atoms with van der Waals surface area (Å²) < 4.78 is 5.74. The van der Waals surface area contributed by atoms with Gasteiger partial charge in [0.05, 0.1) is 18.9 Å². The predicted octanol–water partition coefficient (Wildman–Crippen LogP) is 4.48. The molecule has 2 aromatic rings. The van der Waals surface area contributed by atoms with Gasteiger partial charge >= 0.3 is 0 Å². The molecule has 0 saturated carbocycles. The van der Waals surface area contributed by atoms with Crippen LogP contribution in [0.25, 0.3) is 0 Å². The minimum absolute atomic E-state index is 0.113. The number of hydroxylamine groups is 2. The lowest BCUT2D eigenvalue weighted by molar-refractivity contribution is -0.151. The van der Waals surface area contributed by atoms with Crippen molar-refractivity contribution in [3.8, 4) is 0 Å². The molecule has 0 unspecified atom stereocenters. The molecule has 8 heteroatoms. The second-order valence-corrected chi connectivity index (χ2v) is 6.65. The zero-order valence-corrected chi connectivity index (χ0v) is 15.5. The van der Waals surface area contributed by atoms with Crippen LogP contribution in [0.1, 0.15) is 55.9 Å². The summed E-state index contributed by atoms with van der Waals surface area (Å²) in [5.41, 5.74) is 0.722. The number of benzene rings is 1. The highest BCUT2D eigenvalue weighted by Crippen LogP contribution is 2.28. The standard InChI is InChI=1S/C17H21Cl2N3O3/c1-2-3-4-6-12(10-22(24)11-23)17-21-20-16(25-17)9-13-14(18)7-5-8-15(13)19/h5,7-8,11-12,24H,2-4,6,9-10H2,1H3/t12-/m0/s1. The first-order chi connectivity index (χ1) is 12.0. The van der Waals surface area contributed by atoms with E-state index >= 15 is 0 Å². The summed E-state index contributed by atoms with van der Waals surface area (Å²) in [4.78, 5) is 10.7. The molecule has 0 bridgehead atoms. The van der Waals surface area contributed by atoms with Crippen LogP contribution in [0.2, 0.25) is 10.0 Å². The molecule has 0 aliphatic rings. The molecule has 6 nitrogen and oxygen atoms in total. The van der Waals surface area contributed by atoms with E-state index < -0.39 is 0 Å². The summed E-state index contributed by atoms with van der Waals surface area (Å²) >= 11 is 12.3. The van der Waals surface area contributed by atoms with Crippen LogP contribution in [0.5, 0.6) is 0 Å². The Bertz CT molecular complexity index is 673. The number of hydrogen-bond acceptors (Lipinski definition) is 5. The minimum Gasteiger partial charge on any atom is -0.425 e. The van der Waals surface area contributed by atoms with Crippen molar-refractivity contribution in [1.29, 1.82) is 0 Å². The molecular formula is C17H21Cl2N3O3. The molecule has 1 atom stereocenters. The minimum atomic E-state index is -0.218. The number of rotatable bonds is 10. The highest BCUT2D eigenvalue weighted by Gasteiger charge is 2.21. The SMILES string of the molecule is CCCCC[C@@H](CN(O)C=O)c1nnc(Cc2c(Cl)cccc2Cl)o1. The van der Waals surface area contributed by atoms with Crippen LogP contribution < -0.4 is 0 Å². The number of halogens is 2. The maximum Gasteiger partial charge on any atom is 0.233 e. The average Bonchev–Trinajstić information content (AvgIpc) is 3.06. The number of nitrogens with zero attached hydrogens (tertiary/aromatic N) is 3. The van der Waals surface area contributed by atoms with Crippen molar-refractivity contribution in [2.24, 2.45) is 0 Å².